The first kappa shape index (κ1) is 23.1. The van der Waals surface area contributed by atoms with Crippen LogP contribution in [0.2, 0.25) is 0 Å². The SMILES string of the molecule is C1=CCC=C1.C1=CCC=C1.C1=CCC=C1.C1=CCC=C1.C=C(C)C(=O)O. The van der Waals surface area contributed by atoms with Gasteiger partial charge in [0, 0.05) is 5.57 Å². The fraction of sp³-hybridized carbons (Fsp3) is 0.208. The lowest BCUT2D eigenvalue weighted by Gasteiger charge is -1.79. The molecule has 0 amide bonds. The number of allylic oxidation sites excluding steroid dienone is 16. The third-order valence-electron chi connectivity index (χ3n) is 2.99. The molecule has 0 heterocycles. The van der Waals surface area contributed by atoms with Gasteiger partial charge in [-0.3, -0.25) is 0 Å². The van der Waals surface area contributed by atoms with Crippen LogP contribution in [-0.2, 0) is 4.79 Å². The lowest BCUT2D eigenvalue weighted by atomic mass is 10.4. The van der Waals surface area contributed by atoms with Gasteiger partial charge in [0.2, 0.25) is 0 Å². The van der Waals surface area contributed by atoms with Crippen molar-refractivity contribution >= 4 is 5.97 Å². The molecule has 2 nitrogen and oxygen atoms in total. The molecule has 0 saturated carbocycles. The van der Waals surface area contributed by atoms with E-state index in [1.165, 1.54) is 6.92 Å². The summed E-state index contributed by atoms with van der Waals surface area (Å²) in [6, 6.07) is 0. The van der Waals surface area contributed by atoms with Crippen molar-refractivity contribution in [2.75, 3.05) is 0 Å². The molecule has 0 aromatic rings. The Bertz CT molecular complexity index is 481. The molecule has 0 aromatic heterocycles. The number of carbonyl (C=O) groups is 1. The molecule has 4 aliphatic carbocycles. The van der Waals surface area contributed by atoms with Crippen LogP contribution in [-0.4, -0.2) is 11.1 Å². The first-order valence-electron chi connectivity index (χ1n) is 8.80. The van der Waals surface area contributed by atoms with Gasteiger partial charge in [0.25, 0.3) is 0 Å². The van der Waals surface area contributed by atoms with Crippen molar-refractivity contribution in [1.29, 1.82) is 0 Å². The first-order valence-corrected chi connectivity index (χ1v) is 8.80. The third-order valence-corrected chi connectivity index (χ3v) is 2.99. The fourth-order valence-electron chi connectivity index (χ4n) is 1.57. The second-order valence-electron chi connectivity index (χ2n) is 5.45. The Balaban J connectivity index is 0.000000301. The molecule has 0 aliphatic heterocycles. The highest BCUT2D eigenvalue weighted by Gasteiger charge is 1.90. The van der Waals surface area contributed by atoms with Gasteiger partial charge in [-0.05, 0) is 32.6 Å². The van der Waals surface area contributed by atoms with Crippen LogP contribution in [0.4, 0.5) is 0 Å². The van der Waals surface area contributed by atoms with E-state index in [0.29, 0.717) is 0 Å². The molecular formula is C24H30O2. The van der Waals surface area contributed by atoms with E-state index < -0.39 is 5.97 Å². The second kappa shape index (κ2) is 18.5. The molecular weight excluding hydrogens is 320 g/mol. The fourth-order valence-corrected chi connectivity index (χ4v) is 1.57. The second-order valence-corrected chi connectivity index (χ2v) is 5.45. The summed E-state index contributed by atoms with van der Waals surface area (Å²) in [4.78, 5) is 9.60. The van der Waals surface area contributed by atoms with Crippen molar-refractivity contribution in [3.8, 4) is 0 Å². The van der Waals surface area contributed by atoms with Crippen molar-refractivity contribution in [2.45, 2.75) is 32.6 Å². The van der Waals surface area contributed by atoms with Gasteiger partial charge in [-0.1, -0.05) is 104 Å². The van der Waals surface area contributed by atoms with E-state index in [2.05, 4.69) is 104 Å². The minimum atomic E-state index is -0.935. The maximum Gasteiger partial charge on any atom is 0.330 e. The Hall–Kier alpha value is -2.87. The van der Waals surface area contributed by atoms with Crippen LogP contribution in [0.25, 0.3) is 0 Å². The largest absolute Gasteiger partial charge is 0.478 e. The van der Waals surface area contributed by atoms with Gasteiger partial charge in [0.05, 0.1) is 0 Å². The summed E-state index contributed by atoms with van der Waals surface area (Å²) in [5.41, 5.74) is 0.176. The van der Waals surface area contributed by atoms with Gasteiger partial charge in [-0.2, -0.15) is 0 Å². The predicted octanol–water partition coefficient (Wildman–Crippen LogP) is 6.66. The highest BCUT2D eigenvalue weighted by molar-refractivity contribution is 5.84. The van der Waals surface area contributed by atoms with E-state index in [0.717, 1.165) is 25.7 Å². The topological polar surface area (TPSA) is 37.3 Å². The molecule has 138 valence electrons. The molecule has 0 unspecified atom stereocenters. The minimum Gasteiger partial charge on any atom is -0.478 e. The molecule has 0 fully saturated rings. The standard InChI is InChI=1S/4C5H6.C4H6O2/c4*1-2-4-5-3-1;1-3(2)4(5)6/h4*1-4H,5H2;1H2,2H3,(H,5,6). The van der Waals surface area contributed by atoms with Crippen LogP contribution in [0.3, 0.4) is 0 Å². The van der Waals surface area contributed by atoms with Gasteiger partial charge in [-0.15, -0.1) is 0 Å². The maximum absolute atomic E-state index is 9.60. The predicted molar refractivity (Wildman–Crippen MR) is 114 cm³/mol. The van der Waals surface area contributed by atoms with Crippen molar-refractivity contribution < 1.29 is 9.90 Å². The molecule has 0 saturated heterocycles. The van der Waals surface area contributed by atoms with Crippen molar-refractivity contribution in [3.63, 3.8) is 0 Å². The minimum absolute atomic E-state index is 0.176. The Morgan fingerprint density at radius 3 is 0.808 bits per heavy atom. The summed E-state index contributed by atoms with van der Waals surface area (Å²) >= 11 is 0. The first-order chi connectivity index (χ1) is 12.6. The zero-order valence-electron chi connectivity index (χ0n) is 15.6. The van der Waals surface area contributed by atoms with Gasteiger partial charge < -0.3 is 5.11 Å². The van der Waals surface area contributed by atoms with Crippen LogP contribution in [0, 0.1) is 0 Å². The van der Waals surface area contributed by atoms with Gasteiger partial charge in [0.15, 0.2) is 0 Å². The number of hydrogen-bond acceptors (Lipinski definition) is 1. The van der Waals surface area contributed by atoms with Crippen LogP contribution in [0.1, 0.15) is 32.6 Å². The van der Waals surface area contributed by atoms with E-state index >= 15 is 0 Å². The monoisotopic (exact) mass is 350 g/mol. The summed E-state index contributed by atoms with van der Waals surface area (Å²) in [5.74, 6) is -0.935. The normalized spacial score (nSPS) is 15.3. The number of carboxylic acid groups (broad SMARTS) is 1. The summed E-state index contributed by atoms with van der Waals surface area (Å²) in [6.07, 6.45) is 38.0. The quantitative estimate of drug-likeness (QED) is 0.537. The third kappa shape index (κ3) is 19.2. The number of rotatable bonds is 1. The number of aliphatic carboxylic acids is 1. The summed E-state index contributed by atoms with van der Waals surface area (Å²) in [6.45, 7) is 4.60. The lowest BCUT2D eigenvalue weighted by molar-refractivity contribution is -0.132. The van der Waals surface area contributed by atoms with E-state index in [1.807, 2.05) is 0 Å². The lowest BCUT2D eigenvalue weighted by Crippen LogP contribution is -1.92. The van der Waals surface area contributed by atoms with Crippen molar-refractivity contribution in [2.24, 2.45) is 0 Å². The van der Waals surface area contributed by atoms with E-state index in [-0.39, 0.29) is 5.57 Å². The summed E-state index contributed by atoms with van der Waals surface area (Å²) in [7, 11) is 0. The van der Waals surface area contributed by atoms with E-state index in [4.69, 9.17) is 5.11 Å². The highest BCUT2D eigenvalue weighted by atomic mass is 16.4. The van der Waals surface area contributed by atoms with Crippen molar-refractivity contribution in [1.82, 2.24) is 0 Å². The Morgan fingerprint density at radius 2 is 0.769 bits per heavy atom. The van der Waals surface area contributed by atoms with Gasteiger partial charge in [-0.25, -0.2) is 4.79 Å². The Kier molecular flexibility index (Phi) is 16.4. The molecule has 0 aromatic carbocycles. The van der Waals surface area contributed by atoms with Gasteiger partial charge >= 0.3 is 5.97 Å². The van der Waals surface area contributed by atoms with Crippen LogP contribution < -0.4 is 0 Å². The molecule has 2 heteroatoms. The average Bonchev–Trinajstić information content (AvgIpc) is 3.50. The van der Waals surface area contributed by atoms with Crippen LogP contribution >= 0.6 is 0 Å². The Labute approximate surface area is 158 Å². The molecule has 0 radical (unpaired) electrons. The molecule has 1 N–H and O–H groups in total. The molecule has 4 aliphatic rings. The van der Waals surface area contributed by atoms with E-state index in [1.54, 1.807) is 0 Å². The molecule has 0 spiro atoms. The van der Waals surface area contributed by atoms with Crippen LogP contribution in [0.5, 0.6) is 0 Å². The smallest absolute Gasteiger partial charge is 0.330 e. The highest BCUT2D eigenvalue weighted by Crippen LogP contribution is 1.94. The van der Waals surface area contributed by atoms with E-state index in [9.17, 15) is 4.79 Å². The van der Waals surface area contributed by atoms with Crippen LogP contribution in [0.15, 0.2) is 109 Å². The molecule has 0 bridgehead atoms. The number of hydrogen-bond donors (Lipinski definition) is 1. The average molecular weight is 351 g/mol. The maximum atomic E-state index is 9.60. The van der Waals surface area contributed by atoms with Crippen molar-refractivity contribution in [3.05, 3.63) is 109 Å². The number of carboxylic acids is 1. The molecule has 4 rings (SSSR count). The summed E-state index contributed by atoms with van der Waals surface area (Å²) in [5, 5.41) is 7.89. The van der Waals surface area contributed by atoms with Gasteiger partial charge in [0.1, 0.15) is 0 Å². The zero-order valence-corrected chi connectivity index (χ0v) is 15.6. The molecule has 0 atom stereocenters. The Morgan fingerprint density at radius 1 is 0.615 bits per heavy atom. The summed E-state index contributed by atoms with van der Waals surface area (Å²) < 4.78 is 0. The molecule has 26 heavy (non-hydrogen) atoms. The zero-order chi connectivity index (χ0) is 19.3.